The van der Waals surface area contributed by atoms with Crippen molar-refractivity contribution in [1.82, 2.24) is 24.3 Å². The Bertz CT molecular complexity index is 651. The largest absolute Gasteiger partial charge is 0.338 e. The Morgan fingerprint density at radius 2 is 1.79 bits per heavy atom. The molecular formula is C13H23ClN6O3S. The highest BCUT2D eigenvalue weighted by atomic mass is 35.5. The van der Waals surface area contributed by atoms with E-state index in [9.17, 15) is 13.2 Å². The van der Waals surface area contributed by atoms with Crippen molar-refractivity contribution in [3.63, 3.8) is 0 Å². The zero-order chi connectivity index (χ0) is 16.5. The van der Waals surface area contributed by atoms with E-state index in [-0.39, 0.29) is 31.4 Å². The maximum atomic E-state index is 13.2. The number of nitrogens with two attached hydrogens (primary N) is 1. The number of nitrogens with zero attached hydrogens (tertiary/aromatic N) is 4. The topological polar surface area (TPSA) is 114 Å². The van der Waals surface area contributed by atoms with Gasteiger partial charge in [0, 0.05) is 38.6 Å². The monoisotopic (exact) mass is 378 g/mol. The van der Waals surface area contributed by atoms with Gasteiger partial charge in [-0.05, 0) is 32.0 Å². The first kappa shape index (κ1) is 19.1. The summed E-state index contributed by atoms with van der Waals surface area (Å²) in [7, 11) is -3.69. The Hall–Kier alpha value is -1.20. The third-order valence-corrected chi connectivity index (χ3v) is 5.74. The molecule has 9 nitrogen and oxygen atoms in total. The average Bonchev–Trinajstić information content (AvgIpc) is 3.09. The van der Waals surface area contributed by atoms with E-state index in [1.165, 1.54) is 4.31 Å². The van der Waals surface area contributed by atoms with Crippen LogP contribution in [0.15, 0.2) is 18.5 Å². The Morgan fingerprint density at radius 3 is 2.29 bits per heavy atom. The van der Waals surface area contributed by atoms with Crippen LogP contribution in [0.5, 0.6) is 0 Å². The predicted octanol–water partition coefficient (Wildman–Crippen LogP) is -1.27. The van der Waals surface area contributed by atoms with Gasteiger partial charge in [-0.25, -0.2) is 5.14 Å². The quantitative estimate of drug-likeness (QED) is 0.681. The van der Waals surface area contributed by atoms with Crippen LogP contribution in [0.2, 0.25) is 0 Å². The van der Waals surface area contributed by atoms with Crippen molar-refractivity contribution in [1.29, 1.82) is 0 Å². The van der Waals surface area contributed by atoms with Crippen molar-refractivity contribution in [2.45, 2.75) is 18.4 Å². The fourth-order valence-corrected chi connectivity index (χ4v) is 4.02. The number of halogens is 1. The van der Waals surface area contributed by atoms with Crippen LogP contribution >= 0.6 is 12.4 Å². The lowest BCUT2D eigenvalue weighted by atomic mass is 9.86. The Balaban J connectivity index is 0.00000208. The van der Waals surface area contributed by atoms with E-state index in [4.69, 9.17) is 5.14 Å². The summed E-state index contributed by atoms with van der Waals surface area (Å²) in [6.45, 7) is 2.68. The van der Waals surface area contributed by atoms with Gasteiger partial charge < -0.3 is 10.2 Å². The second-order valence-corrected chi connectivity index (χ2v) is 7.51. The van der Waals surface area contributed by atoms with Crippen molar-refractivity contribution < 1.29 is 13.2 Å². The van der Waals surface area contributed by atoms with Gasteiger partial charge in [-0.3, -0.25) is 9.48 Å². The molecule has 1 aromatic heterocycles. The number of piperidine rings is 1. The number of hydrogen-bond acceptors (Lipinski definition) is 5. The molecule has 0 spiro atoms. The zero-order valence-electron chi connectivity index (χ0n) is 13.3. The Kier molecular flexibility index (Phi) is 5.87. The van der Waals surface area contributed by atoms with Gasteiger partial charge in [-0.2, -0.15) is 17.8 Å². The van der Waals surface area contributed by atoms with Gasteiger partial charge in [0.1, 0.15) is 5.54 Å². The van der Waals surface area contributed by atoms with Crippen LogP contribution in [0, 0.1) is 0 Å². The van der Waals surface area contributed by atoms with E-state index in [0.717, 1.165) is 13.1 Å². The van der Waals surface area contributed by atoms with Crippen molar-refractivity contribution in [2.75, 3.05) is 39.3 Å². The summed E-state index contributed by atoms with van der Waals surface area (Å²) >= 11 is 0. The van der Waals surface area contributed by atoms with Gasteiger partial charge in [0.05, 0.1) is 0 Å². The molecular weight excluding hydrogens is 356 g/mol. The summed E-state index contributed by atoms with van der Waals surface area (Å²) in [5, 5.41) is 12.7. The second kappa shape index (κ2) is 7.36. The zero-order valence-corrected chi connectivity index (χ0v) is 14.9. The van der Waals surface area contributed by atoms with Crippen LogP contribution < -0.4 is 10.5 Å². The fourth-order valence-electron chi connectivity index (χ4n) is 3.34. The molecule has 0 saturated carbocycles. The van der Waals surface area contributed by atoms with Gasteiger partial charge in [-0.1, -0.05) is 0 Å². The maximum absolute atomic E-state index is 13.2. The molecule has 0 unspecified atom stereocenters. The summed E-state index contributed by atoms with van der Waals surface area (Å²) in [5.41, 5.74) is -0.682. The van der Waals surface area contributed by atoms with Crippen LogP contribution in [-0.4, -0.2) is 72.6 Å². The van der Waals surface area contributed by atoms with Crippen molar-refractivity contribution >= 4 is 28.5 Å². The summed E-state index contributed by atoms with van der Waals surface area (Å²) in [4.78, 5) is 14.9. The predicted molar refractivity (Wildman–Crippen MR) is 90.8 cm³/mol. The molecule has 0 aliphatic carbocycles. The van der Waals surface area contributed by atoms with E-state index in [0.29, 0.717) is 25.9 Å². The number of hydrogen-bond donors (Lipinski definition) is 2. The van der Waals surface area contributed by atoms with Crippen LogP contribution in [-0.2, 0) is 20.5 Å². The normalized spacial score (nSPS) is 22.0. The Morgan fingerprint density at radius 1 is 1.17 bits per heavy atom. The number of rotatable bonds is 3. The van der Waals surface area contributed by atoms with E-state index in [1.54, 1.807) is 15.8 Å². The molecule has 0 aromatic carbocycles. The molecule has 0 atom stereocenters. The second-order valence-electron chi connectivity index (χ2n) is 5.97. The van der Waals surface area contributed by atoms with Gasteiger partial charge >= 0.3 is 0 Å². The molecule has 24 heavy (non-hydrogen) atoms. The number of nitrogens with one attached hydrogen (secondary N) is 1. The number of piperazine rings is 1. The first-order valence-corrected chi connectivity index (χ1v) is 9.22. The van der Waals surface area contributed by atoms with Gasteiger partial charge in [0.25, 0.3) is 16.1 Å². The fraction of sp³-hybridized carbons (Fsp3) is 0.692. The Labute approximate surface area is 147 Å². The van der Waals surface area contributed by atoms with E-state index >= 15 is 0 Å². The number of aromatic nitrogens is 2. The highest BCUT2D eigenvalue weighted by Gasteiger charge is 2.45. The molecule has 2 aliphatic rings. The third kappa shape index (κ3) is 3.57. The summed E-state index contributed by atoms with van der Waals surface area (Å²) < 4.78 is 25.7. The van der Waals surface area contributed by atoms with E-state index in [1.807, 2.05) is 12.3 Å². The lowest BCUT2D eigenvalue weighted by Crippen LogP contribution is -2.60. The summed E-state index contributed by atoms with van der Waals surface area (Å²) in [6.07, 6.45) is 4.84. The molecule has 2 fully saturated rings. The molecule has 136 valence electrons. The van der Waals surface area contributed by atoms with Crippen molar-refractivity contribution in [3.8, 4) is 0 Å². The van der Waals surface area contributed by atoms with Crippen LogP contribution in [0.4, 0.5) is 0 Å². The van der Waals surface area contributed by atoms with Crippen LogP contribution in [0.3, 0.4) is 0 Å². The van der Waals surface area contributed by atoms with Crippen molar-refractivity contribution in [2.24, 2.45) is 5.14 Å². The third-order valence-electron chi connectivity index (χ3n) is 4.66. The molecule has 3 rings (SSSR count). The first-order valence-electron chi connectivity index (χ1n) is 7.72. The number of carbonyl (C=O) groups excluding carboxylic acids is 1. The standard InChI is InChI=1S/C13H22N6O3S.ClH/c14-23(21,22)18-10-8-17(9-11-18)12(20)13(2-5-15-6-3-13)19-7-1-4-16-19;/h1,4,7,15H,2-3,5-6,8-11H2,(H2,14,21,22);1H. The molecule has 1 aromatic rings. The van der Waals surface area contributed by atoms with Crippen LogP contribution in [0.1, 0.15) is 12.8 Å². The molecule has 3 N–H and O–H groups in total. The van der Waals surface area contributed by atoms with Gasteiger partial charge in [0.2, 0.25) is 0 Å². The van der Waals surface area contributed by atoms with Gasteiger partial charge in [-0.15, -0.1) is 12.4 Å². The molecule has 0 radical (unpaired) electrons. The first-order chi connectivity index (χ1) is 10.9. The van der Waals surface area contributed by atoms with Crippen molar-refractivity contribution in [3.05, 3.63) is 18.5 Å². The van der Waals surface area contributed by atoms with E-state index < -0.39 is 15.7 Å². The van der Waals surface area contributed by atoms with Crippen LogP contribution in [0.25, 0.3) is 0 Å². The highest BCUT2D eigenvalue weighted by Crippen LogP contribution is 2.29. The molecule has 3 heterocycles. The molecule has 2 saturated heterocycles. The SMILES string of the molecule is Cl.NS(=O)(=O)N1CCN(C(=O)C2(n3cccn3)CCNCC2)CC1. The number of amides is 1. The lowest BCUT2D eigenvalue weighted by Gasteiger charge is -2.42. The minimum atomic E-state index is -3.69. The smallest absolute Gasteiger partial charge is 0.277 e. The minimum absolute atomic E-state index is 0. The molecule has 11 heteroatoms. The summed E-state index contributed by atoms with van der Waals surface area (Å²) in [5.74, 6) is 0.0109. The maximum Gasteiger partial charge on any atom is 0.277 e. The number of carbonyl (C=O) groups is 1. The molecule has 0 bridgehead atoms. The molecule has 1 amide bonds. The lowest BCUT2D eigenvalue weighted by molar-refractivity contribution is -0.144. The minimum Gasteiger partial charge on any atom is -0.338 e. The molecule has 2 aliphatic heterocycles. The highest BCUT2D eigenvalue weighted by molar-refractivity contribution is 7.86. The average molecular weight is 379 g/mol. The van der Waals surface area contributed by atoms with E-state index in [2.05, 4.69) is 10.4 Å². The van der Waals surface area contributed by atoms with Gasteiger partial charge in [0.15, 0.2) is 0 Å². The summed E-state index contributed by atoms with van der Waals surface area (Å²) in [6, 6.07) is 1.82.